The van der Waals surface area contributed by atoms with Gasteiger partial charge in [-0.3, -0.25) is 0 Å². The molecule has 1 saturated heterocycles. The molecule has 1 aliphatic rings. The molecule has 1 N–H and O–H groups in total. The predicted molar refractivity (Wildman–Crippen MR) is 62.8 cm³/mol. The van der Waals surface area contributed by atoms with E-state index in [1.165, 1.54) is 12.1 Å². The summed E-state index contributed by atoms with van der Waals surface area (Å²) in [6, 6.07) is 4.59. The summed E-state index contributed by atoms with van der Waals surface area (Å²) < 4.78 is 10.8. The Morgan fingerprint density at radius 3 is 3.00 bits per heavy atom. The molecule has 0 radical (unpaired) electrons. The average molecular weight is 257 g/mol. The first-order valence-electron chi connectivity index (χ1n) is 5.40. The molecular formula is C12H13ClO4. The maximum absolute atomic E-state index is 10.8. The highest BCUT2D eigenvalue weighted by molar-refractivity contribution is 6.33. The molecule has 92 valence electrons. The molecule has 17 heavy (non-hydrogen) atoms. The Morgan fingerprint density at radius 1 is 1.59 bits per heavy atom. The summed E-state index contributed by atoms with van der Waals surface area (Å²) in [6.45, 7) is 2.08. The van der Waals surface area contributed by atoms with Crippen molar-refractivity contribution in [3.05, 3.63) is 28.8 Å². The molecule has 0 bridgehead atoms. The fraction of sp³-hybridized carbons (Fsp3) is 0.417. The maximum Gasteiger partial charge on any atom is 0.337 e. The Hall–Kier alpha value is -1.26. The van der Waals surface area contributed by atoms with Crippen LogP contribution in [0.1, 0.15) is 16.8 Å². The molecule has 1 heterocycles. The van der Waals surface area contributed by atoms with Gasteiger partial charge in [0.2, 0.25) is 0 Å². The standard InChI is InChI=1S/C12H13ClO4/c13-11-5-9(1-2-10(11)12(14)15)17-7-8-3-4-16-6-8/h1-2,5,8H,3-4,6-7H2,(H,14,15). The zero-order chi connectivity index (χ0) is 12.3. The van der Waals surface area contributed by atoms with Crippen molar-refractivity contribution >= 4 is 17.6 Å². The Balaban J connectivity index is 1.97. The normalized spacial score (nSPS) is 19.2. The van der Waals surface area contributed by atoms with Crippen LogP contribution in [-0.4, -0.2) is 30.9 Å². The molecule has 1 fully saturated rings. The number of hydrogen-bond acceptors (Lipinski definition) is 3. The lowest BCUT2D eigenvalue weighted by molar-refractivity contribution is 0.0697. The van der Waals surface area contributed by atoms with Gasteiger partial charge in [0.25, 0.3) is 0 Å². The van der Waals surface area contributed by atoms with E-state index >= 15 is 0 Å². The minimum Gasteiger partial charge on any atom is -0.493 e. The number of hydrogen-bond donors (Lipinski definition) is 1. The van der Waals surface area contributed by atoms with E-state index in [2.05, 4.69) is 0 Å². The number of carboxylic acid groups (broad SMARTS) is 1. The molecule has 0 amide bonds. The molecule has 0 aliphatic carbocycles. The summed E-state index contributed by atoms with van der Waals surface area (Å²) in [6.07, 6.45) is 1.00. The Kier molecular flexibility index (Phi) is 3.86. The second-order valence-corrected chi connectivity index (χ2v) is 4.39. The van der Waals surface area contributed by atoms with Gasteiger partial charge in [0.15, 0.2) is 0 Å². The van der Waals surface area contributed by atoms with Gasteiger partial charge in [-0.1, -0.05) is 11.6 Å². The molecule has 1 aliphatic heterocycles. The minimum atomic E-state index is -1.04. The zero-order valence-electron chi connectivity index (χ0n) is 9.19. The first-order valence-corrected chi connectivity index (χ1v) is 5.78. The van der Waals surface area contributed by atoms with Crippen LogP contribution >= 0.6 is 11.6 Å². The Bertz CT molecular complexity index is 413. The van der Waals surface area contributed by atoms with Crippen molar-refractivity contribution in [3.8, 4) is 5.75 Å². The molecule has 1 atom stereocenters. The monoisotopic (exact) mass is 256 g/mol. The van der Waals surface area contributed by atoms with Crippen LogP contribution in [0.25, 0.3) is 0 Å². The Labute approximate surface area is 104 Å². The topological polar surface area (TPSA) is 55.8 Å². The Morgan fingerprint density at radius 2 is 2.41 bits per heavy atom. The van der Waals surface area contributed by atoms with E-state index in [1.54, 1.807) is 6.07 Å². The van der Waals surface area contributed by atoms with Crippen LogP contribution in [0.15, 0.2) is 18.2 Å². The van der Waals surface area contributed by atoms with Gasteiger partial charge < -0.3 is 14.6 Å². The van der Waals surface area contributed by atoms with E-state index in [0.717, 1.165) is 19.6 Å². The molecule has 1 aromatic carbocycles. The van der Waals surface area contributed by atoms with Gasteiger partial charge in [-0.25, -0.2) is 4.79 Å². The lowest BCUT2D eigenvalue weighted by Crippen LogP contribution is -2.11. The van der Waals surface area contributed by atoms with Crippen LogP contribution in [0.3, 0.4) is 0 Å². The van der Waals surface area contributed by atoms with Crippen molar-refractivity contribution in [1.29, 1.82) is 0 Å². The van der Waals surface area contributed by atoms with E-state index in [9.17, 15) is 4.79 Å². The SMILES string of the molecule is O=C(O)c1ccc(OCC2CCOC2)cc1Cl. The van der Waals surface area contributed by atoms with Crippen LogP contribution in [0.5, 0.6) is 5.75 Å². The molecular weight excluding hydrogens is 244 g/mol. The molecule has 0 aromatic heterocycles. The van der Waals surface area contributed by atoms with Gasteiger partial charge in [-0.15, -0.1) is 0 Å². The molecule has 4 nitrogen and oxygen atoms in total. The van der Waals surface area contributed by atoms with Crippen LogP contribution in [0.2, 0.25) is 5.02 Å². The maximum atomic E-state index is 10.8. The number of aromatic carboxylic acids is 1. The third-order valence-electron chi connectivity index (χ3n) is 2.68. The second-order valence-electron chi connectivity index (χ2n) is 3.99. The summed E-state index contributed by atoms with van der Waals surface area (Å²) in [5, 5.41) is 9.01. The van der Waals surface area contributed by atoms with Crippen molar-refractivity contribution in [3.63, 3.8) is 0 Å². The fourth-order valence-corrected chi connectivity index (χ4v) is 1.94. The minimum absolute atomic E-state index is 0.0863. The van der Waals surface area contributed by atoms with E-state index in [0.29, 0.717) is 18.3 Å². The smallest absolute Gasteiger partial charge is 0.337 e. The number of halogens is 1. The lowest BCUT2D eigenvalue weighted by atomic mass is 10.1. The largest absolute Gasteiger partial charge is 0.493 e. The number of carbonyl (C=O) groups is 1. The molecule has 1 aromatic rings. The van der Waals surface area contributed by atoms with Crippen molar-refractivity contribution in [1.82, 2.24) is 0 Å². The number of rotatable bonds is 4. The molecule has 0 saturated carbocycles. The van der Waals surface area contributed by atoms with E-state index < -0.39 is 5.97 Å². The van der Waals surface area contributed by atoms with Crippen molar-refractivity contribution < 1.29 is 19.4 Å². The zero-order valence-corrected chi connectivity index (χ0v) is 9.94. The summed E-state index contributed by atoms with van der Waals surface area (Å²) >= 11 is 5.83. The van der Waals surface area contributed by atoms with Crippen molar-refractivity contribution in [2.45, 2.75) is 6.42 Å². The first kappa shape index (κ1) is 12.2. The third-order valence-corrected chi connectivity index (χ3v) is 2.99. The lowest BCUT2D eigenvalue weighted by Gasteiger charge is -2.11. The number of ether oxygens (including phenoxy) is 2. The summed E-state index contributed by atoms with van der Waals surface area (Å²) in [5.74, 6) is -0.0365. The molecule has 0 spiro atoms. The van der Waals surface area contributed by atoms with Crippen LogP contribution in [-0.2, 0) is 4.74 Å². The first-order chi connectivity index (χ1) is 8.16. The second kappa shape index (κ2) is 5.38. The molecule has 1 unspecified atom stereocenters. The molecule has 5 heteroatoms. The van der Waals surface area contributed by atoms with E-state index in [-0.39, 0.29) is 10.6 Å². The van der Waals surface area contributed by atoms with Gasteiger partial charge in [0, 0.05) is 12.5 Å². The molecule has 2 rings (SSSR count). The third kappa shape index (κ3) is 3.11. The highest BCUT2D eigenvalue weighted by Crippen LogP contribution is 2.23. The van der Waals surface area contributed by atoms with Crippen molar-refractivity contribution in [2.24, 2.45) is 5.92 Å². The van der Waals surface area contributed by atoms with E-state index in [1.807, 2.05) is 0 Å². The van der Waals surface area contributed by atoms with Crippen LogP contribution in [0, 0.1) is 5.92 Å². The number of carboxylic acids is 1. The quantitative estimate of drug-likeness (QED) is 0.899. The summed E-state index contributed by atoms with van der Waals surface area (Å²) in [4.78, 5) is 10.8. The van der Waals surface area contributed by atoms with Gasteiger partial charge in [-0.05, 0) is 24.6 Å². The van der Waals surface area contributed by atoms with Gasteiger partial charge >= 0.3 is 5.97 Å². The van der Waals surface area contributed by atoms with Crippen LogP contribution < -0.4 is 4.74 Å². The summed E-state index contributed by atoms with van der Waals surface area (Å²) in [7, 11) is 0. The number of benzene rings is 1. The van der Waals surface area contributed by atoms with E-state index in [4.69, 9.17) is 26.2 Å². The van der Waals surface area contributed by atoms with Crippen molar-refractivity contribution in [2.75, 3.05) is 19.8 Å². The predicted octanol–water partition coefficient (Wildman–Crippen LogP) is 2.45. The van der Waals surface area contributed by atoms with Gasteiger partial charge in [-0.2, -0.15) is 0 Å². The highest BCUT2D eigenvalue weighted by atomic mass is 35.5. The highest BCUT2D eigenvalue weighted by Gasteiger charge is 2.16. The van der Waals surface area contributed by atoms with Crippen LogP contribution in [0.4, 0.5) is 0 Å². The van der Waals surface area contributed by atoms with Gasteiger partial charge in [0.1, 0.15) is 5.75 Å². The fourth-order valence-electron chi connectivity index (χ4n) is 1.69. The average Bonchev–Trinajstić information content (AvgIpc) is 2.78. The summed E-state index contributed by atoms with van der Waals surface area (Å²) in [5.41, 5.74) is 0.0863. The van der Waals surface area contributed by atoms with Gasteiger partial charge in [0.05, 0.1) is 23.8 Å².